The van der Waals surface area contributed by atoms with Crippen LogP contribution in [-0.4, -0.2) is 4.98 Å². The molecule has 4 nitrogen and oxygen atoms in total. The van der Waals surface area contributed by atoms with Crippen molar-refractivity contribution in [3.8, 4) is 22.9 Å². The Hall–Kier alpha value is -3.79. The molecule has 0 radical (unpaired) electrons. The highest BCUT2D eigenvalue weighted by atomic mass is 16.5. The third-order valence-corrected chi connectivity index (χ3v) is 4.95. The molecule has 0 aliphatic carbocycles. The molecule has 4 heteroatoms. The highest BCUT2D eigenvalue weighted by Crippen LogP contribution is 2.35. The Morgan fingerprint density at radius 1 is 0.667 bits per heavy atom. The number of nitrogens with two attached hydrogens (primary N) is 1. The van der Waals surface area contributed by atoms with Gasteiger partial charge in [0.05, 0.1) is 0 Å². The van der Waals surface area contributed by atoms with E-state index in [1.54, 1.807) is 0 Å². The minimum absolute atomic E-state index is 0.421. The SMILES string of the molecule is Cc1c(N)cccc1-c1ccc(OCc2ccccc2)nc1OCc1ccccc1. The van der Waals surface area contributed by atoms with Crippen LogP contribution in [0.3, 0.4) is 0 Å². The Kier molecular flexibility index (Phi) is 5.95. The number of rotatable bonds is 7. The fraction of sp³-hybridized carbons (Fsp3) is 0.115. The maximum absolute atomic E-state index is 6.13. The first-order valence-corrected chi connectivity index (χ1v) is 9.90. The Labute approximate surface area is 176 Å². The molecule has 0 aliphatic rings. The highest BCUT2D eigenvalue weighted by molar-refractivity contribution is 5.76. The van der Waals surface area contributed by atoms with E-state index in [1.807, 2.05) is 97.9 Å². The van der Waals surface area contributed by atoms with Gasteiger partial charge in [0.15, 0.2) is 0 Å². The number of benzene rings is 3. The van der Waals surface area contributed by atoms with E-state index in [-0.39, 0.29) is 0 Å². The van der Waals surface area contributed by atoms with E-state index in [4.69, 9.17) is 15.2 Å². The van der Waals surface area contributed by atoms with Gasteiger partial charge in [0.25, 0.3) is 0 Å². The fourth-order valence-corrected chi connectivity index (χ4v) is 3.22. The summed E-state index contributed by atoms with van der Waals surface area (Å²) in [7, 11) is 0. The van der Waals surface area contributed by atoms with Crippen molar-refractivity contribution in [2.45, 2.75) is 20.1 Å². The van der Waals surface area contributed by atoms with Crippen LogP contribution in [0.1, 0.15) is 16.7 Å². The van der Waals surface area contributed by atoms with Crippen LogP contribution >= 0.6 is 0 Å². The molecule has 1 heterocycles. The molecule has 2 N–H and O–H groups in total. The molecule has 150 valence electrons. The summed E-state index contributed by atoms with van der Waals surface area (Å²) in [5, 5.41) is 0. The number of hydrogen-bond acceptors (Lipinski definition) is 4. The molecule has 0 unspecified atom stereocenters. The van der Waals surface area contributed by atoms with Crippen LogP contribution in [0.2, 0.25) is 0 Å². The van der Waals surface area contributed by atoms with E-state index < -0.39 is 0 Å². The maximum Gasteiger partial charge on any atom is 0.225 e. The van der Waals surface area contributed by atoms with Gasteiger partial charge < -0.3 is 15.2 Å². The van der Waals surface area contributed by atoms with E-state index in [0.29, 0.717) is 25.0 Å². The first-order chi connectivity index (χ1) is 14.7. The van der Waals surface area contributed by atoms with E-state index in [2.05, 4.69) is 4.98 Å². The zero-order valence-electron chi connectivity index (χ0n) is 16.9. The molecular formula is C26H24N2O2. The van der Waals surface area contributed by atoms with Crippen molar-refractivity contribution in [3.05, 3.63) is 108 Å². The standard InChI is InChI=1S/C26H24N2O2/c1-19-22(13-8-14-24(19)27)23-15-16-25(29-17-20-9-4-2-5-10-20)28-26(23)30-18-21-11-6-3-7-12-21/h2-16H,17-18,27H2,1H3. The lowest BCUT2D eigenvalue weighted by molar-refractivity contribution is 0.268. The van der Waals surface area contributed by atoms with Crippen LogP contribution < -0.4 is 15.2 Å². The number of anilines is 1. The largest absolute Gasteiger partial charge is 0.473 e. The van der Waals surface area contributed by atoms with Gasteiger partial charge in [-0.2, -0.15) is 4.98 Å². The second-order valence-corrected chi connectivity index (χ2v) is 7.07. The number of aromatic nitrogens is 1. The molecule has 0 amide bonds. The fourth-order valence-electron chi connectivity index (χ4n) is 3.22. The van der Waals surface area contributed by atoms with E-state index in [9.17, 15) is 0 Å². The van der Waals surface area contributed by atoms with Crippen molar-refractivity contribution in [3.63, 3.8) is 0 Å². The average Bonchev–Trinajstić information content (AvgIpc) is 2.80. The van der Waals surface area contributed by atoms with Gasteiger partial charge >= 0.3 is 0 Å². The first kappa shape index (κ1) is 19.5. The summed E-state index contributed by atoms with van der Waals surface area (Å²) in [6.07, 6.45) is 0. The smallest absolute Gasteiger partial charge is 0.225 e. The van der Waals surface area contributed by atoms with Gasteiger partial charge in [-0.3, -0.25) is 0 Å². The molecule has 0 aliphatic heterocycles. The number of nitrogens with zero attached hydrogens (tertiary/aromatic N) is 1. The predicted molar refractivity (Wildman–Crippen MR) is 120 cm³/mol. The maximum atomic E-state index is 6.13. The van der Waals surface area contributed by atoms with Gasteiger partial charge in [0, 0.05) is 17.3 Å². The molecule has 3 aromatic carbocycles. The van der Waals surface area contributed by atoms with Crippen molar-refractivity contribution in [2.24, 2.45) is 0 Å². The van der Waals surface area contributed by atoms with Gasteiger partial charge in [0.1, 0.15) is 13.2 Å². The summed E-state index contributed by atoms with van der Waals surface area (Å²) in [6.45, 7) is 2.87. The Morgan fingerprint density at radius 3 is 1.97 bits per heavy atom. The van der Waals surface area contributed by atoms with Crippen LogP contribution in [0.5, 0.6) is 11.8 Å². The highest BCUT2D eigenvalue weighted by Gasteiger charge is 2.14. The van der Waals surface area contributed by atoms with Gasteiger partial charge in [0.2, 0.25) is 11.8 Å². The zero-order valence-corrected chi connectivity index (χ0v) is 16.9. The van der Waals surface area contributed by atoms with Crippen LogP contribution in [-0.2, 0) is 13.2 Å². The average molecular weight is 396 g/mol. The monoisotopic (exact) mass is 396 g/mol. The van der Waals surface area contributed by atoms with E-state index in [1.165, 1.54) is 0 Å². The zero-order chi connectivity index (χ0) is 20.8. The molecule has 1 aromatic heterocycles. The summed E-state index contributed by atoms with van der Waals surface area (Å²) < 4.78 is 12.0. The number of ether oxygens (including phenoxy) is 2. The van der Waals surface area contributed by atoms with Crippen molar-refractivity contribution >= 4 is 5.69 Å². The molecule has 4 rings (SSSR count). The summed E-state index contributed by atoms with van der Waals surface area (Å²) in [5.41, 5.74) is 11.9. The van der Waals surface area contributed by atoms with Gasteiger partial charge in [-0.25, -0.2) is 0 Å². The third-order valence-electron chi connectivity index (χ3n) is 4.95. The van der Waals surface area contributed by atoms with Gasteiger partial charge in [-0.05, 0) is 41.3 Å². The third kappa shape index (κ3) is 4.61. The number of nitrogen functional groups attached to an aromatic ring is 1. The minimum atomic E-state index is 0.421. The lowest BCUT2D eigenvalue weighted by Crippen LogP contribution is -2.03. The number of pyridine rings is 1. The summed E-state index contributed by atoms with van der Waals surface area (Å²) >= 11 is 0. The molecule has 0 fully saturated rings. The molecule has 0 saturated carbocycles. The second kappa shape index (κ2) is 9.14. The lowest BCUT2D eigenvalue weighted by Gasteiger charge is -2.15. The summed E-state index contributed by atoms with van der Waals surface area (Å²) in [4.78, 5) is 4.66. The second-order valence-electron chi connectivity index (χ2n) is 7.07. The molecule has 4 aromatic rings. The minimum Gasteiger partial charge on any atom is -0.473 e. The van der Waals surface area contributed by atoms with Gasteiger partial charge in [-0.1, -0.05) is 72.8 Å². The molecule has 0 bridgehead atoms. The van der Waals surface area contributed by atoms with Crippen LogP contribution in [0.15, 0.2) is 91.0 Å². The number of hydrogen-bond donors (Lipinski definition) is 1. The molecule has 0 saturated heterocycles. The molecule has 0 atom stereocenters. The Balaban J connectivity index is 1.63. The van der Waals surface area contributed by atoms with Crippen molar-refractivity contribution in [1.82, 2.24) is 4.98 Å². The summed E-state index contributed by atoms with van der Waals surface area (Å²) in [6, 6.07) is 29.8. The normalized spacial score (nSPS) is 10.6. The van der Waals surface area contributed by atoms with E-state index in [0.717, 1.165) is 33.5 Å². The Morgan fingerprint density at radius 2 is 1.30 bits per heavy atom. The van der Waals surface area contributed by atoms with Gasteiger partial charge in [-0.15, -0.1) is 0 Å². The van der Waals surface area contributed by atoms with Crippen LogP contribution in [0.25, 0.3) is 11.1 Å². The Bertz CT molecular complexity index is 1110. The van der Waals surface area contributed by atoms with Crippen LogP contribution in [0.4, 0.5) is 5.69 Å². The van der Waals surface area contributed by atoms with Crippen molar-refractivity contribution in [1.29, 1.82) is 0 Å². The van der Waals surface area contributed by atoms with E-state index >= 15 is 0 Å². The van der Waals surface area contributed by atoms with Crippen molar-refractivity contribution < 1.29 is 9.47 Å². The topological polar surface area (TPSA) is 57.4 Å². The molecule has 30 heavy (non-hydrogen) atoms. The lowest BCUT2D eigenvalue weighted by atomic mass is 10.0. The van der Waals surface area contributed by atoms with Crippen LogP contribution in [0, 0.1) is 6.92 Å². The first-order valence-electron chi connectivity index (χ1n) is 9.90. The molecule has 0 spiro atoms. The quantitative estimate of drug-likeness (QED) is 0.401. The summed E-state index contributed by atoms with van der Waals surface area (Å²) in [5.74, 6) is 1.05. The molecular weight excluding hydrogens is 372 g/mol. The predicted octanol–water partition coefficient (Wildman–Crippen LogP) is 5.80. The van der Waals surface area contributed by atoms with Crippen molar-refractivity contribution in [2.75, 3.05) is 5.73 Å².